The molecule has 2 saturated heterocycles. The Labute approximate surface area is 227 Å². The van der Waals surface area contributed by atoms with Gasteiger partial charge < -0.3 is 29.4 Å². The van der Waals surface area contributed by atoms with Gasteiger partial charge in [0.15, 0.2) is 29.0 Å². The highest BCUT2D eigenvalue weighted by Crippen LogP contribution is 2.44. The van der Waals surface area contributed by atoms with E-state index in [2.05, 4.69) is 30.6 Å². The number of pyridine rings is 1. The molecule has 4 aromatic rings. The molecular formula is C26H25N7O7. The van der Waals surface area contributed by atoms with Crippen molar-refractivity contribution in [2.45, 2.75) is 44.2 Å². The maximum atomic E-state index is 12.6. The summed E-state index contributed by atoms with van der Waals surface area (Å²) in [6.07, 6.45) is 1.85. The van der Waals surface area contributed by atoms with E-state index in [1.165, 1.54) is 31.0 Å². The number of para-hydroxylation sites is 1. The number of imidazole rings is 1. The van der Waals surface area contributed by atoms with Crippen molar-refractivity contribution >= 4 is 34.7 Å². The van der Waals surface area contributed by atoms with E-state index in [9.17, 15) is 14.7 Å². The molecule has 3 aromatic heterocycles. The van der Waals surface area contributed by atoms with E-state index in [4.69, 9.17) is 18.9 Å². The van der Waals surface area contributed by atoms with Crippen LogP contribution in [0.25, 0.3) is 11.2 Å². The maximum Gasteiger partial charge on any atom is 0.341 e. The number of hydrogen-bond acceptors (Lipinski definition) is 10. The number of carbonyl (C=O) groups excluding carboxylic acids is 1. The summed E-state index contributed by atoms with van der Waals surface area (Å²) >= 11 is 0. The highest BCUT2D eigenvalue weighted by atomic mass is 16.8. The molecule has 0 unspecified atom stereocenters. The standard InChI is InChI=1S/C26H25N7O7/c1-26(2)39-18-16(11-37-22-15(24(34)35)9-6-10-27-22)38-23(19(18)40-26)33-13-30-17-20(28-12-29-21(17)33)32-25(36)31-14-7-4-3-5-8-14/h3-10,12-13,16,18-19,23H,11H2,1-2H3,(H,34,35)(H2,28,29,31,32,36)/t16-,18-,19-,23-/m1/s1. The van der Waals surface area contributed by atoms with Gasteiger partial charge in [0, 0.05) is 11.9 Å². The second-order valence-corrected chi connectivity index (χ2v) is 9.59. The molecule has 0 radical (unpaired) electrons. The van der Waals surface area contributed by atoms with Gasteiger partial charge in [-0.2, -0.15) is 0 Å². The van der Waals surface area contributed by atoms with Crippen molar-refractivity contribution in [3.63, 3.8) is 0 Å². The quantitative estimate of drug-likeness (QED) is 0.310. The molecule has 14 heteroatoms. The van der Waals surface area contributed by atoms with Crippen molar-refractivity contribution in [1.82, 2.24) is 24.5 Å². The third-order valence-corrected chi connectivity index (χ3v) is 6.41. The fraction of sp³-hybridized carbons (Fsp3) is 0.308. The second-order valence-electron chi connectivity index (χ2n) is 9.59. The number of benzene rings is 1. The van der Waals surface area contributed by atoms with Gasteiger partial charge in [-0.25, -0.2) is 29.5 Å². The monoisotopic (exact) mass is 547 g/mol. The summed E-state index contributed by atoms with van der Waals surface area (Å²) in [5.41, 5.74) is 1.31. The molecule has 14 nitrogen and oxygen atoms in total. The van der Waals surface area contributed by atoms with Crippen LogP contribution in [0.3, 0.4) is 0 Å². The lowest BCUT2D eigenvalue weighted by atomic mass is 10.1. The summed E-state index contributed by atoms with van der Waals surface area (Å²) in [6, 6.07) is 11.4. The molecule has 0 bridgehead atoms. The summed E-state index contributed by atoms with van der Waals surface area (Å²) in [4.78, 5) is 41.2. The number of rotatable bonds is 7. The predicted molar refractivity (Wildman–Crippen MR) is 139 cm³/mol. The fourth-order valence-corrected chi connectivity index (χ4v) is 4.77. The summed E-state index contributed by atoms with van der Waals surface area (Å²) < 4.78 is 26.1. The number of urea groups is 1. The minimum absolute atomic E-state index is 0.0258. The number of anilines is 2. The van der Waals surface area contributed by atoms with Crippen LogP contribution >= 0.6 is 0 Å². The van der Waals surface area contributed by atoms with Crippen LogP contribution in [0, 0.1) is 0 Å². The van der Waals surface area contributed by atoms with Gasteiger partial charge in [0.05, 0.1) is 6.33 Å². The smallest absolute Gasteiger partial charge is 0.341 e. The van der Waals surface area contributed by atoms with Crippen LogP contribution in [0.15, 0.2) is 61.3 Å². The van der Waals surface area contributed by atoms with Crippen molar-refractivity contribution < 1.29 is 33.6 Å². The number of ether oxygens (including phenoxy) is 4. The van der Waals surface area contributed by atoms with E-state index in [0.29, 0.717) is 16.9 Å². The van der Waals surface area contributed by atoms with Crippen molar-refractivity contribution in [3.8, 4) is 5.88 Å². The van der Waals surface area contributed by atoms with Crippen LogP contribution in [0.1, 0.15) is 30.4 Å². The van der Waals surface area contributed by atoms with Crippen LogP contribution in [-0.2, 0) is 14.2 Å². The fourth-order valence-electron chi connectivity index (χ4n) is 4.77. The van der Waals surface area contributed by atoms with Gasteiger partial charge in [-0.3, -0.25) is 9.88 Å². The number of nitrogens with one attached hydrogen (secondary N) is 2. The van der Waals surface area contributed by atoms with Gasteiger partial charge in [0.25, 0.3) is 0 Å². The highest BCUT2D eigenvalue weighted by molar-refractivity contribution is 6.02. The van der Waals surface area contributed by atoms with Crippen molar-refractivity contribution in [3.05, 3.63) is 66.9 Å². The first-order valence-corrected chi connectivity index (χ1v) is 12.4. The van der Waals surface area contributed by atoms with Crippen LogP contribution in [0.2, 0.25) is 0 Å². The van der Waals surface area contributed by atoms with Crippen LogP contribution in [0.4, 0.5) is 16.3 Å². The topological polar surface area (TPSA) is 172 Å². The van der Waals surface area contributed by atoms with Crippen molar-refractivity contribution in [1.29, 1.82) is 0 Å². The average Bonchev–Trinajstić information content (AvgIpc) is 3.59. The molecule has 2 aliphatic rings. The lowest BCUT2D eigenvalue weighted by Crippen LogP contribution is -2.34. The molecule has 40 heavy (non-hydrogen) atoms. The second kappa shape index (κ2) is 10.1. The number of carbonyl (C=O) groups is 2. The molecule has 0 saturated carbocycles. The van der Waals surface area contributed by atoms with E-state index < -0.39 is 42.3 Å². The van der Waals surface area contributed by atoms with Gasteiger partial charge in [-0.05, 0) is 38.1 Å². The Morgan fingerprint density at radius 3 is 2.62 bits per heavy atom. The molecule has 6 rings (SSSR count). The Kier molecular flexibility index (Phi) is 6.50. The number of aromatic nitrogens is 5. The number of hydrogen-bond donors (Lipinski definition) is 3. The normalized spacial score (nSPS) is 23.1. The van der Waals surface area contributed by atoms with E-state index in [-0.39, 0.29) is 23.9 Å². The van der Waals surface area contributed by atoms with Gasteiger partial charge in [0.1, 0.15) is 36.8 Å². The SMILES string of the molecule is CC1(C)O[C@@H]2[C@H](O1)[C@@H](COc1ncccc1C(=O)O)O[C@H]2n1cnc2c(NC(=O)Nc3ccccc3)ncnc21. The average molecular weight is 548 g/mol. The molecule has 4 atom stereocenters. The summed E-state index contributed by atoms with van der Waals surface area (Å²) in [5, 5.41) is 14.9. The maximum absolute atomic E-state index is 12.6. The Hall–Kier alpha value is -4.66. The number of fused-ring (bicyclic) bond motifs is 2. The molecule has 3 N–H and O–H groups in total. The number of carboxylic acid groups (broad SMARTS) is 1. The van der Waals surface area contributed by atoms with E-state index >= 15 is 0 Å². The lowest BCUT2D eigenvalue weighted by Gasteiger charge is -2.24. The zero-order valence-electron chi connectivity index (χ0n) is 21.4. The molecule has 0 spiro atoms. The number of aromatic carboxylic acids is 1. The van der Waals surface area contributed by atoms with Crippen LogP contribution in [0.5, 0.6) is 5.88 Å². The Morgan fingerprint density at radius 1 is 1.02 bits per heavy atom. The summed E-state index contributed by atoms with van der Waals surface area (Å²) in [6.45, 7) is 3.55. The highest BCUT2D eigenvalue weighted by Gasteiger charge is 2.56. The lowest BCUT2D eigenvalue weighted by molar-refractivity contribution is -0.199. The molecule has 1 aromatic carbocycles. The third-order valence-electron chi connectivity index (χ3n) is 6.41. The molecular weight excluding hydrogens is 522 g/mol. The minimum Gasteiger partial charge on any atom is -0.477 e. The molecule has 2 amide bonds. The molecule has 5 heterocycles. The van der Waals surface area contributed by atoms with Gasteiger partial charge in [-0.1, -0.05) is 18.2 Å². The molecule has 2 fully saturated rings. The molecule has 2 aliphatic heterocycles. The Morgan fingerprint density at radius 2 is 1.82 bits per heavy atom. The summed E-state index contributed by atoms with van der Waals surface area (Å²) in [5.74, 6) is -1.87. The molecule has 0 aliphatic carbocycles. The number of amides is 2. The summed E-state index contributed by atoms with van der Waals surface area (Å²) in [7, 11) is 0. The third kappa shape index (κ3) is 4.90. The minimum atomic E-state index is -1.15. The van der Waals surface area contributed by atoms with Gasteiger partial charge in [-0.15, -0.1) is 0 Å². The molecule has 206 valence electrons. The van der Waals surface area contributed by atoms with E-state index in [0.717, 1.165) is 0 Å². The first-order valence-electron chi connectivity index (χ1n) is 12.4. The van der Waals surface area contributed by atoms with Gasteiger partial charge >= 0.3 is 12.0 Å². The zero-order chi connectivity index (χ0) is 27.9. The first-order chi connectivity index (χ1) is 19.3. The van der Waals surface area contributed by atoms with E-state index in [1.807, 2.05) is 18.2 Å². The predicted octanol–water partition coefficient (Wildman–Crippen LogP) is 3.06. The largest absolute Gasteiger partial charge is 0.477 e. The first kappa shape index (κ1) is 25.6. The Balaban J connectivity index is 1.24. The zero-order valence-corrected chi connectivity index (χ0v) is 21.4. The van der Waals surface area contributed by atoms with Crippen LogP contribution in [-0.4, -0.2) is 72.3 Å². The van der Waals surface area contributed by atoms with Gasteiger partial charge in [0.2, 0.25) is 5.88 Å². The van der Waals surface area contributed by atoms with Crippen LogP contribution < -0.4 is 15.4 Å². The van der Waals surface area contributed by atoms with Crippen molar-refractivity contribution in [2.75, 3.05) is 17.2 Å². The number of nitrogens with zero attached hydrogens (tertiary/aromatic N) is 5. The van der Waals surface area contributed by atoms with Crippen molar-refractivity contribution in [2.24, 2.45) is 0 Å². The Bertz CT molecular complexity index is 1560. The van der Waals surface area contributed by atoms with E-state index in [1.54, 1.807) is 30.5 Å². The number of carboxylic acids is 1.